The van der Waals surface area contributed by atoms with E-state index in [2.05, 4.69) is 19.2 Å². The van der Waals surface area contributed by atoms with Crippen LogP contribution in [-0.4, -0.2) is 44.8 Å². The molecule has 1 aliphatic heterocycles. The van der Waals surface area contributed by atoms with E-state index in [1.807, 2.05) is 45.9 Å². The topological polar surface area (TPSA) is 83.1 Å². The monoisotopic (exact) mass is 485 g/mol. The van der Waals surface area contributed by atoms with Crippen molar-refractivity contribution in [2.75, 3.05) is 26.9 Å². The lowest BCUT2D eigenvalue weighted by atomic mass is 9.68. The molecule has 3 rings (SSSR count). The minimum Gasteiger partial charge on any atom is -0.493 e. The Morgan fingerprint density at radius 2 is 1.89 bits per heavy atom. The van der Waals surface area contributed by atoms with Crippen LogP contribution in [0.3, 0.4) is 0 Å². The summed E-state index contributed by atoms with van der Waals surface area (Å²) in [6.45, 7) is 13.0. The molecule has 0 saturated heterocycles. The molecular weight excluding hydrogens is 446 g/mol. The van der Waals surface area contributed by atoms with Crippen LogP contribution in [0, 0.1) is 5.41 Å². The lowest BCUT2D eigenvalue weighted by molar-refractivity contribution is -0.141. The molecule has 7 heteroatoms. The number of benzene rings is 1. The Balaban J connectivity index is 2.03. The summed E-state index contributed by atoms with van der Waals surface area (Å²) in [5.41, 5.74) is 3.26. The highest BCUT2D eigenvalue weighted by Gasteiger charge is 2.43. The number of hydrogen-bond donors (Lipinski definition) is 1. The third kappa shape index (κ3) is 6.26. The zero-order valence-corrected chi connectivity index (χ0v) is 22.1. The minimum atomic E-state index is -0.553. The maximum Gasteiger partial charge on any atom is 0.336 e. The van der Waals surface area contributed by atoms with Gasteiger partial charge in [0.05, 0.1) is 32.0 Å². The highest BCUT2D eigenvalue weighted by Crippen LogP contribution is 2.47. The number of nitrogens with one attached hydrogen (secondary N) is 1. The molecule has 1 atom stereocenters. The van der Waals surface area contributed by atoms with Crippen LogP contribution in [0.1, 0.15) is 72.3 Å². The van der Waals surface area contributed by atoms with Gasteiger partial charge in [-0.05, 0) is 56.7 Å². The number of carbonyl (C=O) groups excluding carboxylic acids is 2. The summed E-state index contributed by atoms with van der Waals surface area (Å²) >= 11 is 0. The SMILES string of the molecule is CCCOc1ccc(C2C(C(=O)OCCOC(C)C)=C(C)NC3=C2C(=O)CC(C)(C)C3)cc1OC. The average Bonchev–Trinajstić information content (AvgIpc) is 2.78. The van der Waals surface area contributed by atoms with Crippen LogP contribution in [0.25, 0.3) is 0 Å². The maximum absolute atomic E-state index is 13.5. The van der Waals surface area contributed by atoms with Gasteiger partial charge in [0, 0.05) is 29.3 Å². The molecule has 0 spiro atoms. The van der Waals surface area contributed by atoms with Crippen LogP contribution in [-0.2, 0) is 19.1 Å². The van der Waals surface area contributed by atoms with Crippen molar-refractivity contribution in [2.45, 2.75) is 72.8 Å². The number of ether oxygens (including phenoxy) is 4. The Morgan fingerprint density at radius 3 is 2.54 bits per heavy atom. The van der Waals surface area contributed by atoms with Crippen molar-refractivity contribution in [1.82, 2.24) is 5.32 Å². The minimum absolute atomic E-state index is 0.0416. The molecule has 0 bridgehead atoms. The van der Waals surface area contributed by atoms with Crippen LogP contribution in [0.2, 0.25) is 0 Å². The Kier molecular flexibility index (Phi) is 8.65. The van der Waals surface area contributed by atoms with E-state index in [4.69, 9.17) is 18.9 Å². The molecule has 0 radical (unpaired) electrons. The van der Waals surface area contributed by atoms with Crippen molar-refractivity contribution >= 4 is 11.8 Å². The van der Waals surface area contributed by atoms with Crippen molar-refractivity contribution in [3.05, 3.63) is 46.3 Å². The van der Waals surface area contributed by atoms with Crippen molar-refractivity contribution in [2.24, 2.45) is 5.41 Å². The Hall–Kier alpha value is -2.80. The average molecular weight is 486 g/mol. The number of carbonyl (C=O) groups is 2. The van der Waals surface area contributed by atoms with Gasteiger partial charge in [-0.1, -0.05) is 26.8 Å². The van der Waals surface area contributed by atoms with E-state index >= 15 is 0 Å². The van der Waals surface area contributed by atoms with Gasteiger partial charge in [-0.15, -0.1) is 0 Å². The van der Waals surface area contributed by atoms with Gasteiger partial charge in [0.15, 0.2) is 17.3 Å². The normalized spacial score (nSPS) is 19.4. The lowest BCUT2D eigenvalue weighted by Gasteiger charge is -2.39. The van der Waals surface area contributed by atoms with Gasteiger partial charge in [-0.3, -0.25) is 4.79 Å². The fourth-order valence-electron chi connectivity index (χ4n) is 4.73. The molecule has 192 valence electrons. The fraction of sp³-hybridized carbons (Fsp3) is 0.571. The standard InChI is InChI=1S/C28H39NO6/c1-8-11-34-22-10-9-19(14-23(22)32-7)25-24(27(31)35-13-12-33-17(2)3)18(4)29-20-15-28(5,6)16-21(30)26(20)25/h9-10,14,17,25,29H,8,11-13,15-16H2,1-7H3. The highest BCUT2D eigenvalue weighted by atomic mass is 16.6. The van der Waals surface area contributed by atoms with E-state index in [0.29, 0.717) is 48.0 Å². The molecule has 1 unspecified atom stereocenters. The van der Waals surface area contributed by atoms with Crippen molar-refractivity contribution in [1.29, 1.82) is 0 Å². The van der Waals surface area contributed by atoms with E-state index in [9.17, 15) is 9.59 Å². The smallest absolute Gasteiger partial charge is 0.336 e. The molecule has 2 aliphatic rings. The Bertz CT molecular complexity index is 1020. The first-order chi connectivity index (χ1) is 16.6. The summed E-state index contributed by atoms with van der Waals surface area (Å²) in [6.07, 6.45) is 2.07. The highest BCUT2D eigenvalue weighted by molar-refractivity contribution is 6.04. The molecule has 7 nitrogen and oxygen atoms in total. The number of methoxy groups -OCH3 is 1. The first-order valence-electron chi connectivity index (χ1n) is 12.4. The zero-order chi connectivity index (χ0) is 25.8. The summed E-state index contributed by atoms with van der Waals surface area (Å²) in [5.74, 6) is 0.230. The van der Waals surface area contributed by atoms with Gasteiger partial charge in [0.25, 0.3) is 0 Å². The molecule has 0 aromatic heterocycles. The van der Waals surface area contributed by atoms with Crippen LogP contribution in [0.5, 0.6) is 11.5 Å². The number of ketones is 1. The van der Waals surface area contributed by atoms with Crippen LogP contribution in [0.4, 0.5) is 0 Å². The van der Waals surface area contributed by atoms with Crippen LogP contribution < -0.4 is 14.8 Å². The lowest BCUT2D eigenvalue weighted by Crippen LogP contribution is -2.38. The van der Waals surface area contributed by atoms with Gasteiger partial charge in [-0.25, -0.2) is 4.79 Å². The number of dihydropyridines is 1. The van der Waals surface area contributed by atoms with Crippen LogP contribution >= 0.6 is 0 Å². The van der Waals surface area contributed by atoms with E-state index in [1.165, 1.54) is 0 Å². The molecular formula is C28H39NO6. The molecule has 1 aromatic rings. The number of rotatable bonds is 10. The van der Waals surface area contributed by atoms with Gasteiger partial charge in [0.2, 0.25) is 0 Å². The fourth-order valence-corrected chi connectivity index (χ4v) is 4.73. The summed E-state index contributed by atoms with van der Waals surface area (Å²) in [4.78, 5) is 26.8. The van der Waals surface area contributed by atoms with Crippen molar-refractivity contribution < 1.29 is 28.5 Å². The van der Waals surface area contributed by atoms with Crippen LogP contribution in [0.15, 0.2) is 40.7 Å². The number of hydrogen-bond acceptors (Lipinski definition) is 7. The first-order valence-corrected chi connectivity index (χ1v) is 12.4. The second-order valence-corrected chi connectivity index (χ2v) is 10.2. The molecule has 35 heavy (non-hydrogen) atoms. The van der Waals surface area contributed by atoms with E-state index in [1.54, 1.807) is 7.11 Å². The number of allylic oxidation sites excluding steroid dienone is 3. The third-order valence-corrected chi connectivity index (χ3v) is 6.21. The predicted molar refractivity (Wildman–Crippen MR) is 134 cm³/mol. The molecule has 1 N–H and O–H groups in total. The van der Waals surface area contributed by atoms with Crippen molar-refractivity contribution in [3.8, 4) is 11.5 Å². The van der Waals surface area contributed by atoms with Gasteiger partial charge < -0.3 is 24.3 Å². The van der Waals surface area contributed by atoms with Gasteiger partial charge in [-0.2, -0.15) is 0 Å². The summed E-state index contributed by atoms with van der Waals surface area (Å²) in [6, 6.07) is 5.61. The third-order valence-electron chi connectivity index (χ3n) is 6.21. The molecule has 0 saturated carbocycles. The van der Waals surface area contributed by atoms with Gasteiger partial charge >= 0.3 is 5.97 Å². The summed E-state index contributed by atoms with van der Waals surface area (Å²) in [7, 11) is 1.59. The second kappa shape index (κ2) is 11.3. The Labute approximate surface area is 208 Å². The molecule has 0 amide bonds. The second-order valence-electron chi connectivity index (χ2n) is 10.2. The molecule has 1 heterocycles. The van der Waals surface area contributed by atoms with Crippen molar-refractivity contribution in [3.63, 3.8) is 0 Å². The number of esters is 1. The Morgan fingerprint density at radius 1 is 1.14 bits per heavy atom. The maximum atomic E-state index is 13.5. The molecule has 0 fully saturated rings. The summed E-state index contributed by atoms with van der Waals surface area (Å²) in [5, 5.41) is 3.36. The first kappa shape index (κ1) is 26.8. The van der Waals surface area contributed by atoms with Gasteiger partial charge in [0.1, 0.15) is 6.61 Å². The summed E-state index contributed by atoms with van der Waals surface area (Å²) < 4.78 is 22.5. The van der Waals surface area contributed by atoms with E-state index in [-0.39, 0.29) is 23.9 Å². The molecule has 1 aliphatic carbocycles. The number of Topliss-reactive ketones (excluding diaryl/α,β-unsaturated/α-hetero) is 1. The molecule has 1 aromatic carbocycles. The largest absolute Gasteiger partial charge is 0.493 e. The van der Waals surface area contributed by atoms with E-state index in [0.717, 1.165) is 24.1 Å². The quantitative estimate of drug-likeness (QED) is 0.366. The zero-order valence-electron chi connectivity index (χ0n) is 22.1. The van der Waals surface area contributed by atoms with E-state index < -0.39 is 11.9 Å². The predicted octanol–water partition coefficient (Wildman–Crippen LogP) is 5.06.